The topological polar surface area (TPSA) is 68.1 Å². The number of non-ortho nitro benzene ring substituents is 1. The van der Waals surface area contributed by atoms with Crippen LogP contribution in [0.25, 0.3) is 10.9 Å². The molecule has 21 heavy (non-hydrogen) atoms. The van der Waals surface area contributed by atoms with Gasteiger partial charge in [-0.05, 0) is 43.9 Å². The van der Waals surface area contributed by atoms with Crippen LogP contribution in [-0.4, -0.2) is 15.9 Å². The number of hydrogen-bond acceptors (Lipinski definition) is 4. The molecule has 0 saturated heterocycles. The third-order valence-corrected chi connectivity index (χ3v) is 4.43. The smallest absolute Gasteiger partial charge is 0.278 e. The van der Waals surface area contributed by atoms with Gasteiger partial charge in [-0.2, -0.15) is 0 Å². The summed E-state index contributed by atoms with van der Waals surface area (Å²) in [6, 6.07) is 7.19. The van der Waals surface area contributed by atoms with E-state index in [1.54, 1.807) is 30.5 Å². The first kappa shape index (κ1) is 13.8. The Morgan fingerprint density at radius 2 is 2.10 bits per heavy atom. The van der Waals surface area contributed by atoms with Crippen molar-refractivity contribution in [3.8, 4) is 0 Å². The van der Waals surface area contributed by atoms with Gasteiger partial charge in [0.25, 0.3) is 5.69 Å². The van der Waals surface area contributed by atoms with Crippen molar-refractivity contribution in [2.24, 2.45) is 5.92 Å². The molecule has 5 heteroatoms. The van der Waals surface area contributed by atoms with Gasteiger partial charge in [-0.25, -0.2) is 0 Å². The Balaban J connectivity index is 1.95. The lowest BCUT2D eigenvalue weighted by Gasteiger charge is -2.22. The highest BCUT2D eigenvalue weighted by Crippen LogP contribution is 2.33. The molecule has 1 fully saturated rings. The minimum absolute atomic E-state index is 0.108. The van der Waals surface area contributed by atoms with Crippen molar-refractivity contribution in [1.29, 1.82) is 0 Å². The van der Waals surface area contributed by atoms with Crippen molar-refractivity contribution in [3.63, 3.8) is 0 Å². The number of pyridine rings is 1. The molecule has 1 heterocycles. The van der Waals surface area contributed by atoms with Crippen LogP contribution in [0.1, 0.15) is 32.6 Å². The monoisotopic (exact) mass is 285 g/mol. The Bertz CT molecular complexity index is 666. The van der Waals surface area contributed by atoms with Crippen LogP contribution in [0.15, 0.2) is 30.5 Å². The Hall–Kier alpha value is -2.17. The van der Waals surface area contributed by atoms with Gasteiger partial charge in [0.05, 0.1) is 16.0 Å². The summed E-state index contributed by atoms with van der Waals surface area (Å²) in [5.74, 6) is 0.680. The highest BCUT2D eigenvalue weighted by atomic mass is 16.6. The van der Waals surface area contributed by atoms with Crippen molar-refractivity contribution in [3.05, 3.63) is 40.6 Å². The summed E-state index contributed by atoms with van der Waals surface area (Å²) in [5.41, 5.74) is 1.67. The zero-order chi connectivity index (χ0) is 14.8. The lowest BCUT2D eigenvalue weighted by molar-refractivity contribution is -0.383. The average Bonchev–Trinajstić information content (AvgIpc) is 3.01. The maximum Gasteiger partial charge on any atom is 0.278 e. The molecular weight excluding hydrogens is 266 g/mol. The molecule has 1 aromatic carbocycles. The number of fused-ring (bicyclic) bond motifs is 1. The molecule has 0 aliphatic heterocycles. The van der Waals surface area contributed by atoms with Crippen molar-refractivity contribution < 1.29 is 4.92 Å². The number of benzene rings is 1. The Morgan fingerprint density at radius 1 is 1.33 bits per heavy atom. The molecule has 0 bridgehead atoms. The highest BCUT2D eigenvalue weighted by molar-refractivity contribution is 5.96. The molecule has 1 saturated carbocycles. The second kappa shape index (κ2) is 5.68. The molecule has 0 radical (unpaired) electrons. The SMILES string of the molecule is CC(Nc1ccc([N+](=O)[O-])c2cccnc12)C1CCCC1. The summed E-state index contributed by atoms with van der Waals surface area (Å²) in [7, 11) is 0. The third-order valence-electron chi connectivity index (χ3n) is 4.43. The molecule has 1 aliphatic carbocycles. The molecular formula is C16H19N3O2. The van der Waals surface area contributed by atoms with E-state index in [0.29, 0.717) is 22.9 Å². The van der Waals surface area contributed by atoms with Gasteiger partial charge in [-0.1, -0.05) is 12.8 Å². The van der Waals surface area contributed by atoms with E-state index in [9.17, 15) is 10.1 Å². The quantitative estimate of drug-likeness (QED) is 0.677. The molecule has 1 atom stereocenters. The van der Waals surface area contributed by atoms with Gasteiger partial charge >= 0.3 is 0 Å². The Kier molecular flexibility index (Phi) is 3.73. The van der Waals surface area contributed by atoms with Gasteiger partial charge in [0, 0.05) is 18.3 Å². The standard InChI is InChI=1S/C16H19N3O2/c1-11(12-5-2-3-6-12)18-14-8-9-15(19(20)21)13-7-4-10-17-16(13)14/h4,7-12,18H,2-3,5-6H2,1H3. The molecule has 110 valence electrons. The number of hydrogen-bond donors (Lipinski definition) is 1. The number of nitro benzene ring substituents is 1. The van der Waals surface area contributed by atoms with Crippen LogP contribution in [0.4, 0.5) is 11.4 Å². The van der Waals surface area contributed by atoms with Crippen LogP contribution < -0.4 is 5.32 Å². The lowest BCUT2D eigenvalue weighted by Crippen LogP contribution is -2.24. The first-order valence-corrected chi connectivity index (χ1v) is 7.45. The molecule has 1 aromatic heterocycles. The number of nitrogens with zero attached hydrogens (tertiary/aromatic N) is 2. The van der Waals surface area contributed by atoms with Gasteiger partial charge in [-0.3, -0.25) is 15.1 Å². The number of rotatable bonds is 4. The second-order valence-electron chi connectivity index (χ2n) is 5.77. The predicted octanol–water partition coefficient (Wildman–Crippen LogP) is 4.13. The number of nitrogens with one attached hydrogen (secondary N) is 1. The van der Waals surface area contributed by atoms with E-state index in [-0.39, 0.29) is 10.6 Å². The first-order valence-electron chi connectivity index (χ1n) is 7.45. The summed E-state index contributed by atoms with van der Waals surface area (Å²) in [4.78, 5) is 15.1. The molecule has 0 amide bonds. The summed E-state index contributed by atoms with van der Waals surface area (Å²) < 4.78 is 0. The van der Waals surface area contributed by atoms with Crippen LogP contribution in [0.5, 0.6) is 0 Å². The van der Waals surface area contributed by atoms with E-state index in [0.717, 1.165) is 5.69 Å². The largest absolute Gasteiger partial charge is 0.381 e. The lowest BCUT2D eigenvalue weighted by atomic mass is 9.99. The van der Waals surface area contributed by atoms with Crippen molar-refractivity contribution in [2.75, 3.05) is 5.32 Å². The molecule has 2 aromatic rings. The van der Waals surface area contributed by atoms with E-state index in [2.05, 4.69) is 17.2 Å². The predicted molar refractivity (Wildman–Crippen MR) is 83.4 cm³/mol. The molecule has 1 aliphatic rings. The zero-order valence-corrected chi connectivity index (χ0v) is 12.1. The summed E-state index contributed by atoms with van der Waals surface area (Å²) in [6.07, 6.45) is 6.79. The summed E-state index contributed by atoms with van der Waals surface area (Å²) in [5, 5.41) is 15.2. The fourth-order valence-corrected chi connectivity index (χ4v) is 3.25. The molecule has 0 spiro atoms. The molecule has 1 N–H and O–H groups in total. The number of anilines is 1. The number of aromatic nitrogens is 1. The van der Waals surface area contributed by atoms with Gasteiger partial charge in [-0.15, -0.1) is 0 Å². The Morgan fingerprint density at radius 3 is 2.81 bits per heavy atom. The van der Waals surface area contributed by atoms with Crippen molar-refractivity contribution in [1.82, 2.24) is 4.98 Å². The average molecular weight is 285 g/mol. The normalized spacial score (nSPS) is 17.0. The Labute approximate surface area is 123 Å². The zero-order valence-electron chi connectivity index (χ0n) is 12.1. The minimum Gasteiger partial charge on any atom is -0.381 e. The minimum atomic E-state index is -0.353. The van der Waals surface area contributed by atoms with Gasteiger partial charge in [0.1, 0.15) is 5.52 Å². The van der Waals surface area contributed by atoms with Gasteiger partial charge in [0.2, 0.25) is 0 Å². The maximum atomic E-state index is 11.1. The van der Waals surface area contributed by atoms with Crippen molar-refractivity contribution >= 4 is 22.3 Å². The number of nitro groups is 1. The van der Waals surface area contributed by atoms with E-state index in [1.165, 1.54) is 25.7 Å². The fraction of sp³-hybridized carbons (Fsp3) is 0.438. The van der Waals surface area contributed by atoms with Crippen molar-refractivity contribution in [2.45, 2.75) is 38.6 Å². The van der Waals surface area contributed by atoms with Crippen LogP contribution in [-0.2, 0) is 0 Å². The molecule has 5 nitrogen and oxygen atoms in total. The third kappa shape index (κ3) is 2.68. The van der Waals surface area contributed by atoms with E-state index >= 15 is 0 Å². The first-order chi connectivity index (χ1) is 10.2. The molecule has 3 rings (SSSR count). The van der Waals surface area contributed by atoms with E-state index in [4.69, 9.17) is 0 Å². The maximum absolute atomic E-state index is 11.1. The molecule has 1 unspecified atom stereocenters. The second-order valence-corrected chi connectivity index (χ2v) is 5.77. The van der Waals surface area contributed by atoms with E-state index in [1.807, 2.05) is 0 Å². The van der Waals surface area contributed by atoms with E-state index < -0.39 is 0 Å². The van der Waals surface area contributed by atoms with Gasteiger partial charge in [0.15, 0.2) is 0 Å². The van der Waals surface area contributed by atoms with Gasteiger partial charge < -0.3 is 5.32 Å². The summed E-state index contributed by atoms with van der Waals surface area (Å²) >= 11 is 0. The summed E-state index contributed by atoms with van der Waals surface area (Å²) in [6.45, 7) is 2.19. The highest BCUT2D eigenvalue weighted by Gasteiger charge is 2.23. The van der Waals surface area contributed by atoms with Crippen LogP contribution >= 0.6 is 0 Å². The fourth-order valence-electron chi connectivity index (χ4n) is 3.25. The van der Waals surface area contributed by atoms with Crippen LogP contribution in [0.2, 0.25) is 0 Å². The van der Waals surface area contributed by atoms with Crippen LogP contribution in [0, 0.1) is 16.0 Å². The van der Waals surface area contributed by atoms with Crippen LogP contribution in [0.3, 0.4) is 0 Å².